The van der Waals surface area contributed by atoms with Crippen molar-refractivity contribution in [2.75, 3.05) is 40.8 Å². The SMILES string of the molecule is CN(C)CCN(C)Cc1ccc([C@H]2COc3ccccc3O2)cc1. The molecule has 24 heavy (non-hydrogen) atoms. The van der Waals surface area contributed by atoms with E-state index in [0.29, 0.717) is 6.61 Å². The van der Waals surface area contributed by atoms with Gasteiger partial charge in [0, 0.05) is 19.6 Å². The Morgan fingerprint density at radius 1 is 0.917 bits per heavy atom. The van der Waals surface area contributed by atoms with Gasteiger partial charge in [-0.15, -0.1) is 0 Å². The quantitative estimate of drug-likeness (QED) is 0.814. The van der Waals surface area contributed by atoms with E-state index in [9.17, 15) is 0 Å². The molecule has 4 heteroatoms. The normalized spacial score (nSPS) is 16.6. The van der Waals surface area contributed by atoms with Gasteiger partial charge in [-0.1, -0.05) is 36.4 Å². The van der Waals surface area contributed by atoms with Crippen LogP contribution in [0.2, 0.25) is 0 Å². The van der Waals surface area contributed by atoms with Gasteiger partial charge in [-0.05, 0) is 44.4 Å². The second-order valence-corrected chi connectivity index (χ2v) is 6.65. The van der Waals surface area contributed by atoms with Gasteiger partial charge in [-0.2, -0.15) is 0 Å². The van der Waals surface area contributed by atoms with E-state index in [1.165, 1.54) is 5.56 Å². The summed E-state index contributed by atoms with van der Waals surface area (Å²) in [7, 11) is 6.37. The van der Waals surface area contributed by atoms with Gasteiger partial charge < -0.3 is 19.3 Å². The number of likely N-dealkylation sites (N-methyl/N-ethyl adjacent to an activating group) is 2. The molecule has 3 rings (SSSR count). The Morgan fingerprint density at radius 2 is 1.62 bits per heavy atom. The number of ether oxygens (including phenoxy) is 2. The van der Waals surface area contributed by atoms with E-state index in [0.717, 1.165) is 36.7 Å². The summed E-state index contributed by atoms with van der Waals surface area (Å²) in [5.74, 6) is 1.65. The summed E-state index contributed by atoms with van der Waals surface area (Å²) < 4.78 is 11.9. The molecule has 4 nitrogen and oxygen atoms in total. The summed E-state index contributed by atoms with van der Waals surface area (Å²) in [5.41, 5.74) is 2.47. The van der Waals surface area contributed by atoms with Crippen LogP contribution in [0.15, 0.2) is 48.5 Å². The minimum Gasteiger partial charge on any atom is -0.485 e. The maximum Gasteiger partial charge on any atom is 0.162 e. The van der Waals surface area contributed by atoms with E-state index < -0.39 is 0 Å². The molecule has 0 aromatic heterocycles. The molecule has 0 radical (unpaired) electrons. The Kier molecular flexibility index (Phi) is 5.38. The van der Waals surface area contributed by atoms with Gasteiger partial charge in [0.15, 0.2) is 17.6 Å². The lowest BCUT2D eigenvalue weighted by Crippen LogP contribution is -2.28. The highest BCUT2D eigenvalue weighted by atomic mass is 16.6. The fraction of sp³-hybridized carbons (Fsp3) is 0.400. The van der Waals surface area contributed by atoms with E-state index >= 15 is 0 Å². The number of fused-ring (bicyclic) bond motifs is 1. The number of hydrogen-bond acceptors (Lipinski definition) is 4. The maximum absolute atomic E-state index is 6.06. The number of hydrogen-bond donors (Lipinski definition) is 0. The molecule has 0 bridgehead atoms. The summed E-state index contributed by atoms with van der Waals surface area (Å²) in [5, 5.41) is 0. The van der Waals surface area contributed by atoms with Crippen molar-refractivity contribution < 1.29 is 9.47 Å². The highest BCUT2D eigenvalue weighted by molar-refractivity contribution is 5.41. The average Bonchev–Trinajstić information content (AvgIpc) is 2.60. The van der Waals surface area contributed by atoms with Crippen LogP contribution in [-0.2, 0) is 6.54 Å². The van der Waals surface area contributed by atoms with E-state index in [4.69, 9.17) is 9.47 Å². The van der Waals surface area contributed by atoms with Crippen LogP contribution in [0, 0.1) is 0 Å². The molecule has 1 heterocycles. The van der Waals surface area contributed by atoms with Crippen molar-refractivity contribution in [3.63, 3.8) is 0 Å². The van der Waals surface area contributed by atoms with Crippen LogP contribution in [-0.4, -0.2) is 50.6 Å². The minimum atomic E-state index is -0.0413. The van der Waals surface area contributed by atoms with Gasteiger partial charge >= 0.3 is 0 Å². The van der Waals surface area contributed by atoms with Crippen LogP contribution in [0.3, 0.4) is 0 Å². The van der Waals surface area contributed by atoms with Crippen molar-refractivity contribution in [2.24, 2.45) is 0 Å². The standard InChI is InChI=1S/C20H26N2O2/c1-21(2)12-13-22(3)14-16-8-10-17(11-9-16)20-15-23-18-6-4-5-7-19(18)24-20/h4-11,20H,12-15H2,1-3H3/t20-/m1/s1. The first-order valence-electron chi connectivity index (χ1n) is 8.42. The number of nitrogens with zero attached hydrogens (tertiary/aromatic N) is 2. The van der Waals surface area contributed by atoms with Crippen molar-refractivity contribution in [1.29, 1.82) is 0 Å². The fourth-order valence-electron chi connectivity index (χ4n) is 2.78. The summed E-state index contributed by atoms with van der Waals surface area (Å²) in [4.78, 5) is 4.54. The molecule has 0 spiro atoms. The lowest BCUT2D eigenvalue weighted by Gasteiger charge is -2.27. The predicted molar refractivity (Wildman–Crippen MR) is 96.6 cm³/mol. The average molecular weight is 326 g/mol. The molecular formula is C20H26N2O2. The molecule has 1 atom stereocenters. The molecule has 0 saturated heterocycles. The maximum atomic E-state index is 6.06. The molecule has 1 aliphatic heterocycles. The van der Waals surface area contributed by atoms with Crippen LogP contribution in [0.5, 0.6) is 11.5 Å². The van der Waals surface area contributed by atoms with Gasteiger partial charge in [0.05, 0.1) is 0 Å². The lowest BCUT2D eigenvalue weighted by atomic mass is 10.1. The molecular weight excluding hydrogens is 300 g/mol. The monoisotopic (exact) mass is 326 g/mol. The largest absolute Gasteiger partial charge is 0.485 e. The van der Waals surface area contributed by atoms with Gasteiger partial charge in [0.25, 0.3) is 0 Å². The molecule has 0 saturated carbocycles. The van der Waals surface area contributed by atoms with Crippen molar-refractivity contribution in [3.05, 3.63) is 59.7 Å². The Balaban J connectivity index is 1.59. The van der Waals surface area contributed by atoms with E-state index in [-0.39, 0.29) is 6.10 Å². The Hall–Kier alpha value is -2.04. The molecule has 0 amide bonds. The second kappa shape index (κ2) is 7.69. The molecule has 0 aliphatic carbocycles. The Labute approximate surface area is 144 Å². The van der Waals surface area contributed by atoms with Gasteiger partial charge in [-0.3, -0.25) is 0 Å². The van der Waals surface area contributed by atoms with E-state index in [1.54, 1.807) is 0 Å². The molecule has 0 fully saturated rings. The third-order valence-corrected chi connectivity index (χ3v) is 4.24. The van der Waals surface area contributed by atoms with E-state index in [1.807, 2.05) is 24.3 Å². The number of para-hydroxylation sites is 2. The molecule has 128 valence electrons. The third kappa shape index (κ3) is 4.28. The summed E-state index contributed by atoms with van der Waals surface area (Å²) in [6, 6.07) is 16.5. The van der Waals surface area contributed by atoms with Crippen molar-refractivity contribution in [1.82, 2.24) is 9.80 Å². The van der Waals surface area contributed by atoms with Crippen LogP contribution >= 0.6 is 0 Å². The Bertz CT molecular complexity index is 655. The predicted octanol–water partition coefficient (Wildman–Crippen LogP) is 3.19. The van der Waals surface area contributed by atoms with Crippen LogP contribution in [0.1, 0.15) is 17.2 Å². The zero-order chi connectivity index (χ0) is 16.9. The van der Waals surface area contributed by atoms with E-state index in [2.05, 4.69) is 55.2 Å². The summed E-state index contributed by atoms with van der Waals surface area (Å²) in [6.07, 6.45) is -0.0413. The molecule has 1 aliphatic rings. The van der Waals surface area contributed by atoms with Crippen molar-refractivity contribution in [2.45, 2.75) is 12.6 Å². The summed E-state index contributed by atoms with van der Waals surface area (Å²) >= 11 is 0. The second-order valence-electron chi connectivity index (χ2n) is 6.65. The molecule has 2 aromatic carbocycles. The zero-order valence-corrected chi connectivity index (χ0v) is 14.7. The number of rotatable bonds is 6. The lowest BCUT2D eigenvalue weighted by molar-refractivity contribution is 0.0913. The highest BCUT2D eigenvalue weighted by Crippen LogP contribution is 2.35. The molecule has 0 unspecified atom stereocenters. The molecule has 2 aromatic rings. The zero-order valence-electron chi connectivity index (χ0n) is 14.7. The molecule has 0 N–H and O–H groups in total. The van der Waals surface area contributed by atoms with Crippen molar-refractivity contribution >= 4 is 0 Å². The summed E-state index contributed by atoms with van der Waals surface area (Å²) in [6.45, 7) is 3.64. The Morgan fingerprint density at radius 3 is 2.33 bits per heavy atom. The first kappa shape index (κ1) is 16.8. The minimum absolute atomic E-state index is 0.0413. The number of benzene rings is 2. The fourth-order valence-corrected chi connectivity index (χ4v) is 2.78. The van der Waals surface area contributed by atoms with Crippen LogP contribution < -0.4 is 9.47 Å². The topological polar surface area (TPSA) is 24.9 Å². The van der Waals surface area contributed by atoms with Crippen LogP contribution in [0.25, 0.3) is 0 Å². The first-order chi connectivity index (χ1) is 11.6. The van der Waals surface area contributed by atoms with Crippen LogP contribution in [0.4, 0.5) is 0 Å². The smallest absolute Gasteiger partial charge is 0.162 e. The van der Waals surface area contributed by atoms with Gasteiger partial charge in [0.1, 0.15) is 6.61 Å². The van der Waals surface area contributed by atoms with Gasteiger partial charge in [0.2, 0.25) is 0 Å². The highest BCUT2D eigenvalue weighted by Gasteiger charge is 2.22. The van der Waals surface area contributed by atoms with Gasteiger partial charge in [-0.25, -0.2) is 0 Å². The third-order valence-electron chi connectivity index (χ3n) is 4.24. The van der Waals surface area contributed by atoms with Crippen molar-refractivity contribution in [3.8, 4) is 11.5 Å². The first-order valence-corrected chi connectivity index (χ1v) is 8.42.